The van der Waals surface area contributed by atoms with E-state index >= 15 is 0 Å². The molecule has 0 spiro atoms. The summed E-state index contributed by atoms with van der Waals surface area (Å²) in [5.74, 6) is -0.102. The third kappa shape index (κ3) is 4.86. The summed E-state index contributed by atoms with van der Waals surface area (Å²) in [5, 5.41) is 9.04. The van der Waals surface area contributed by atoms with Gasteiger partial charge in [0.2, 0.25) is 11.8 Å². The summed E-state index contributed by atoms with van der Waals surface area (Å²) < 4.78 is 0. The Labute approximate surface area is 125 Å². The number of anilines is 2. The predicted molar refractivity (Wildman–Crippen MR) is 84.4 cm³/mol. The zero-order valence-corrected chi connectivity index (χ0v) is 12.7. The first-order chi connectivity index (χ1) is 10.0. The average Bonchev–Trinajstić information content (AvgIpc) is 2.93. The van der Waals surface area contributed by atoms with Gasteiger partial charge in [-0.05, 0) is 50.4 Å². The number of hydrogen-bond donors (Lipinski definition) is 3. The molecule has 0 bridgehead atoms. The van der Waals surface area contributed by atoms with Crippen LogP contribution in [0.25, 0.3) is 0 Å². The molecule has 5 nitrogen and oxygen atoms in total. The first kappa shape index (κ1) is 15.5. The molecule has 0 radical (unpaired) electrons. The van der Waals surface area contributed by atoms with Crippen LogP contribution in [0.5, 0.6) is 0 Å². The summed E-state index contributed by atoms with van der Waals surface area (Å²) in [4.78, 5) is 23.1. The van der Waals surface area contributed by atoms with E-state index in [1.807, 2.05) is 19.1 Å². The van der Waals surface area contributed by atoms with Crippen molar-refractivity contribution in [1.82, 2.24) is 5.32 Å². The number of hydrogen-bond acceptors (Lipinski definition) is 3. The largest absolute Gasteiger partial charge is 0.326 e. The molecule has 0 aromatic heterocycles. The van der Waals surface area contributed by atoms with Gasteiger partial charge in [-0.3, -0.25) is 9.59 Å². The van der Waals surface area contributed by atoms with Crippen molar-refractivity contribution in [2.75, 3.05) is 17.2 Å². The number of carbonyl (C=O) groups is 2. The monoisotopic (exact) mass is 289 g/mol. The minimum absolute atomic E-state index is 0.0151. The van der Waals surface area contributed by atoms with Gasteiger partial charge in [-0.2, -0.15) is 0 Å². The van der Waals surface area contributed by atoms with Crippen LogP contribution in [-0.4, -0.2) is 24.4 Å². The van der Waals surface area contributed by atoms with Gasteiger partial charge in [0, 0.05) is 30.8 Å². The number of amides is 2. The molecule has 1 fully saturated rings. The van der Waals surface area contributed by atoms with Gasteiger partial charge in [0.25, 0.3) is 0 Å². The summed E-state index contributed by atoms with van der Waals surface area (Å²) >= 11 is 0. The highest BCUT2D eigenvalue weighted by Crippen LogP contribution is 2.20. The van der Waals surface area contributed by atoms with Gasteiger partial charge >= 0.3 is 0 Å². The standard InChI is InChI=1S/C16H23N3O2/c1-11-5-6-14(10-15(11)18-12(2)20)19-16(21)8-7-13-4-3-9-17-13/h5-6,10,13,17H,3-4,7-9H2,1-2H3,(H,18,20)(H,19,21). The molecule has 114 valence electrons. The second-order valence-electron chi connectivity index (χ2n) is 5.59. The van der Waals surface area contributed by atoms with Crippen LogP contribution in [0.15, 0.2) is 18.2 Å². The molecule has 1 aromatic carbocycles. The van der Waals surface area contributed by atoms with Gasteiger partial charge in [0.1, 0.15) is 0 Å². The lowest BCUT2D eigenvalue weighted by molar-refractivity contribution is -0.116. The second-order valence-corrected chi connectivity index (χ2v) is 5.59. The molecule has 1 unspecified atom stereocenters. The zero-order valence-electron chi connectivity index (χ0n) is 12.7. The first-order valence-electron chi connectivity index (χ1n) is 7.46. The molecular weight excluding hydrogens is 266 g/mol. The van der Waals surface area contributed by atoms with Crippen molar-refractivity contribution < 1.29 is 9.59 Å². The Morgan fingerprint density at radius 2 is 2.14 bits per heavy atom. The van der Waals surface area contributed by atoms with E-state index in [-0.39, 0.29) is 11.8 Å². The highest BCUT2D eigenvalue weighted by Gasteiger charge is 2.15. The quantitative estimate of drug-likeness (QED) is 0.779. The first-order valence-corrected chi connectivity index (χ1v) is 7.46. The highest BCUT2D eigenvalue weighted by molar-refractivity contribution is 5.93. The van der Waals surface area contributed by atoms with Crippen molar-refractivity contribution in [1.29, 1.82) is 0 Å². The molecule has 1 atom stereocenters. The zero-order chi connectivity index (χ0) is 15.2. The van der Waals surface area contributed by atoms with E-state index in [1.165, 1.54) is 13.3 Å². The normalized spacial score (nSPS) is 17.5. The topological polar surface area (TPSA) is 70.2 Å². The van der Waals surface area contributed by atoms with Crippen molar-refractivity contribution in [3.05, 3.63) is 23.8 Å². The lowest BCUT2D eigenvalue weighted by atomic mass is 10.1. The number of benzene rings is 1. The van der Waals surface area contributed by atoms with Crippen molar-refractivity contribution in [3.8, 4) is 0 Å². The van der Waals surface area contributed by atoms with Crippen LogP contribution in [-0.2, 0) is 9.59 Å². The summed E-state index contributed by atoms with van der Waals surface area (Å²) in [7, 11) is 0. The van der Waals surface area contributed by atoms with Crippen molar-refractivity contribution in [3.63, 3.8) is 0 Å². The molecule has 21 heavy (non-hydrogen) atoms. The molecule has 0 saturated carbocycles. The maximum Gasteiger partial charge on any atom is 0.224 e. The lowest BCUT2D eigenvalue weighted by Gasteiger charge is -2.12. The maximum atomic E-state index is 12.0. The smallest absolute Gasteiger partial charge is 0.224 e. The van der Waals surface area contributed by atoms with Crippen LogP contribution >= 0.6 is 0 Å². The third-order valence-electron chi connectivity index (χ3n) is 3.71. The van der Waals surface area contributed by atoms with Gasteiger partial charge in [-0.15, -0.1) is 0 Å². The molecule has 1 aromatic rings. The predicted octanol–water partition coefficient (Wildman–Crippen LogP) is 2.42. The van der Waals surface area contributed by atoms with Crippen molar-refractivity contribution >= 4 is 23.2 Å². The molecule has 3 N–H and O–H groups in total. The number of nitrogens with one attached hydrogen (secondary N) is 3. The van der Waals surface area contributed by atoms with Crippen molar-refractivity contribution in [2.45, 2.75) is 45.6 Å². The summed E-state index contributed by atoms with van der Waals surface area (Å²) in [6.45, 7) is 4.45. The molecule has 5 heteroatoms. The second kappa shape index (κ2) is 7.22. The van der Waals surface area contributed by atoms with Crippen LogP contribution < -0.4 is 16.0 Å². The third-order valence-corrected chi connectivity index (χ3v) is 3.71. The van der Waals surface area contributed by atoms with Crippen LogP contribution in [0.3, 0.4) is 0 Å². The minimum Gasteiger partial charge on any atom is -0.326 e. The fourth-order valence-electron chi connectivity index (χ4n) is 2.56. The molecule has 2 amide bonds. The van der Waals surface area contributed by atoms with E-state index in [9.17, 15) is 9.59 Å². The molecule has 0 aliphatic carbocycles. The van der Waals surface area contributed by atoms with Crippen LogP contribution in [0.2, 0.25) is 0 Å². The van der Waals surface area contributed by atoms with E-state index in [2.05, 4.69) is 16.0 Å². The van der Waals surface area contributed by atoms with Gasteiger partial charge in [-0.1, -0.05) is 6.07 Å². The van der Waals surface area contributed by atoms with Crippen LogP contribution in [0.4, 0.5) is 11.4 Å². The van der Waals surface area contributed by atoms with Crippen LogP contribution in [0.1, 0.15) is 38.2 Å². The summed E-state index contributed by atoms with van der Waals surface area (Å²) in [6.07, 6.45) is 3.74. The Morgan fingerprint density at radius 3 is 2.81 bits per heavy atom. The molecule has 1 aliphatic rings. The average molecular weight is 289 g/mol. The fraction of sp³-hybridized carbons (Fsp3) is 0.500. The summed E-state index contributed by atoms with van der Waals surface area (Å²) in [5.41, 5.74) is 2.42. The lowest BCUT2D eigenvalue weighted by Crippen LogP contribution is -2.23. The Kier molecular flexibility index (Phi) is 5.33. The fourth-order valence-corrected chi connectivity index (χ4v) is 2.56. The van der Waals surface area contributed by atoms with Gasteiger partial charge in [0.05, 0.1) is 0 Å². The minimum atomic E-state index is -0.117. The van der Waals surface area contributed by atoms with Crippen LogP contribution in [0, 0.1) is 6.92 Å². The molecule has 1 heterocycles. The Bertz CT molecular complexity index is 522. The number of aryl methyl sites for hydroxylation is 1. The molecular formula is C16H23N3O2. The molecule has 1 aliphatic heterocycles. The molecule has 1 saturated heterocycles. The van der Waals surface area contributed by atoms with E-state index < -0.39 is 0 Å². The van der Waals surface area contributed by atoms with E-state index in [4.69, 9.17) is 0 Å². The van der Waals surface area contributed by atoms with E-state index in [1.54, 1.807) is 6.07 Å². The number of carbonyl (C=O) groups excluding carboxylic acids is 2. The van der Waals surface area contributed by atoms with Gasteiger partial charge in [0.15, 0.2) is 0 Å². The van der Waals surface area contributed by atoms with Crippen molar-refractivity contribution in [2.24, 2.45) is 0 Å². The summed E-state index contributed by atoms with van der Waals surface area (Å²) in [6, 6.07) is 6.01. The highest BCUT2D eigenvalue weighted by atomic mass is 16.2. The van der Waals surface area contributed by atoms with Gasteiger partial charge in [-0.25, -0.2) is 0 Å². The SMILES string of the molecule is CC(=O)Nc1cc(NC(=O)CCC2CCCN2)ccc1C. The maximum absolute atomic E-state index is 12.0. The van der Waals surface area contributed by atoms with E-state index in [0.717, 1.165) is 30.6 Å². The van der Waals surface area contributed by atoms with E-state index in [0.29, 0.717) is 18.2 Å². The van der Waals surface area contributed by atoms with Gasteiger partial charge < -0.3 is 16.0 Å². The Balaban J connectivity index is 1.89. The Hall–Kier alpha value is -1.88. The Morgan fingerprint density at radius 1 is 1.33 bits per heavy atom. The molecule has 2 rings (SSSR count). The number of rotatable bonds is 5.